The summed E-state index contributed by atoms with van der Waals surface area (Å²) in [5.41, 5.74) is -0.568. The molecule has 7 heteroatoms. The van der Waals surface area contributed by atoms with E-state index in [-0.39, 0.29) is 0 Å². The average molecular weight is 210 g/mol. The monoisotopic (exact) mass is 210 g/mol. The van der Waals surface area contributed by atoms with Gasteiger partial charge in [-0.05, 0) is 12.8 Å². The Bertz CT molecular complexity index is 383. The van der Waals surface area contributed by atoms with Gasteiger partial charge in [-0.25, -0.2) is 9.59 Å². The van der Waals surface area contributed by atoms with Crippen LogP contribution in [0.4, 0.5) is 10.5 Å². The van der Waals surface area contributed by atoms with Crippen molar-refractivity contribution in [3.8, 4) is 0 Å². The molecule has 1 aromatic heterocycles. The number of aromatic nitrogens is 2. The first-order valence-corrected chi connectivity index (χ1v) is 4.44. The molecule has 1 heterocycles. The zero-order chi connectivity index (χ0) is 10.9. The zero-order valence-electron chi connectivity index (χ0n) is 7.78. The van der Waals surface area contributed by atoms with Gasteiger partial charge in [-0.1, -0.05) is 0 Å². The van der Waals surface area contributed by atoms with Gasteiger partial charge < -0.3 is 15.7 Å². The molecular formula is C8H10N4O3. The number of carbonyl (C=O) groups is 2. The van der Waals surface area contributed by atoms with Crippen molar-refractivity contribution in [2.75, 3.05) is 5.32 Å². The number of urea groups is 1. The third-order valence-corrected chi connectivity index (χ3v) is 2.27. The van der Waals surface area contributed by atoms with Crippen molar-refractivity contribution in [2.24, 2.45) is 0 Å². The molecule has 7 nitrogen and oxygen atoms in total. The van der Waals surface area contributed by atoms with E-state index < -0.39 is 17.5 Å². The third kappa shape index (κ3) is 1.90. The fraction of sp³-hybridized carbons (Fsp3) is 0.375. The number of nitrogens with one attached hydrogen (secondary N) is 3. The summed E-state index contributed by atoms with van der Waals surface area (Å²) in [4.78, 5) is 22.1. The van der Waals surface area contributed by atoms with Crippen LogP contribution in [-0.4, -0.2) is 32.8 Å². The van der Waals surface area contributed by atoms with Crippen molar-refractivity contribution in [3.05, 3.63) is 12.4 Å². The molecule has 0 aliphatic heterocycles. The van der Waals surface area contributed by atoms with E-state index in [0.29, 0.717) is 18.5 Å². The highest BCUT2D eigenvalue weighted by atomic mass is 16.4. The summed E-state index contributed by atoms with van der Waals surface area (Å²) in [6, 6.07) is -0.531. The lowest BCUT2D eigenvalue weighted by molar-refractivity contribution is -0.140. The van der Waals surface area contributed by atoms with Gasteiger partial charge >= 0.3 is 12.0 Å². The number of anilines is 1. The van der Waals surface area contributed by atoms with Gasteiger partial charge in [-0.2, -0.15) is 5.10 Å². The SMILES string of the molecule is O=C(Nc1cn[nH]c1)NC1(C(=O)O)CC1. The van der Waals surface area contributed by atoms with E-state index in [9.17, 15) is 9.59 Å². The lowest BCUT2D eigenvalue weighted by atomic mass is 10.3. The van der Waals surface area contributed by atoms with Crippen LogP contribution in [0.2, 0.25) is 0 Å². The number of aliphatic carboxylic acids is 1. The van der Waals surface area contributed by atoms with E-state index in [1.807, 2.05) is 0 Å². The Balaban J connectivity index is 1.91. The second kappa shape index (κ2) is 3.26. The smallest absolute Gasteiger partial charge is 0.329 e. The summed E-state index contributed by atoms with van der Waals surface area (Å²) < 4.78 is 0. The Morgan fingerprint density at radius 2 is 2.27 bits per heavy atom. The first-order valence-electron chi connectivity index (χ1n) is 4.44. The van der Waals surface area contributed by atoms with Gasteiger partial charge in [-0.3, -0.25) is 5.10 Å². The molecule has 1 aliphatic rings. The lowest BCUT2D eigenvalue weighted by Gasteiger charge is -2.12. The van der Waals surface area contributed by atoms with Crippen LogP contribution in [0, 0.1) is 0 Å². The topological polar surface area (TPSA) is 107 Å². The molecule has 1 fully saturated rings. The second-order valence-corrected chi connectivity index (χ2v) is 3.45. The second-order valence-electron chi connectivity index (χ2n) is 3.45. The number of aromatic amines is 1. The van der Waals surface area contributed by atoms with Gasteiger partial charge in [0.1, 0.15) is 5.54 Å². The highest BCUT2D eigenvalue weighted by Gasteiger charge is 2.51. The third-order valence-electron chi connectivity index (χ3n) is 2.27. The number of hydrogen-bond donors (Lipinski definition) is 4. The molecule has 0 atom stereocenters. The van der Waals surface area contributed by atoms with E-state index in [4.69, 9.17) is 5.11 Å². The summed E-state index contributed by atoms with van der Waals surface area (Å²) in [5.74, 6) is -0.996. The number of nitrogens with zero attached hydrogens (tertiary/aromatic N) is 1. The van der Waals surface area contributed by atoms with Crippen LogP contribution < -0.4 is 10.6 Å². The fourth-order valence-electron chi connectivity index (χ4n) is 1.22. The molecule has 4 N–H and O–H groups in total. The highest BCUT2D eigenvalue weighted by molar-refractivity contribution is 5.95. The van der Waals surface area contributed by atoms with E-state index >= 15 is 0 Å². The number of carbonyl (C=O) groups excluding carboxylic acids is 1. The van der Waals surface area contributed by atoms with Crippen LogP contribution in [0.5, 0.6) is 0 Å². The molecule has 80 valence electrons. The van der Waals surface area contributed by atoms with Gasteiger partial charge in [0.25, 0.3) is 0 Å². The molecule has 2 rings (SSSR count). The minimum absolute atomic E-state index is 0.473. The molecule has 0 saturated heterocycles. The highest BCUT2D eigenvalue weighted by Crippen LogP contribution is 2.35. The van der Waals surface area contributed by atoms with Crippen LogP contribution in [0.25, 0.3) is 0 Å². The van der Waals surface area contributed by atoms with Crippen LogP contribution in [0.3, 0.4) is 0 Å². The molecule has 0 spiro atoms. The Kier molecular flexibility index (Phi) is 2.07. The molecule has 1 saturated carbocycles. The van der Waals surface area contributed by atoms with Crippen molar-refractivity contribution in [1.29, 1.82) is 0 Å². The molecule has 15 heavy (non-hydrogen) atoms. The van der Waals surface area contributed by atoms with Crippen molar-refractivity contribution < 1.29 is 14.7 Å². The van der Waals surface area contributed by atoms with E-state index in [0.717, 1.165) is 0 Å². The minimum Gasteiger partial charge on any atom is -0.480 e. The van der Waals surface area contributed by atoms with Crippen LogP contribution in [0.1, 0.15) is 12.8 Å². The van der Waals surface area contributed by atoms with Gasteiger partial charge in [0.05, 0.1) is 11.9 Å². The van der Waals surface area contributed by atoms with E-state index in [2.05, 4.69) is 20.8 Å². The molecule has 2 amide bonds. The fourth-order valence-corrected chi connectivity index (χ4v) is 1.22. The maximum atomic E-state index is 11.3. The normalized spacial score (nSPS) is 16.8. The molecule has 0 unspecified atom stereocenters. The zero-order valence-corrected chi connectivity index (χ0v) is 7.78. The van der Waals surface area contributed by atoms with Crippen LogP contribution in [-0.2, 0) is 4.79 Å². The number of amides is 2. The number of H-pyrrole nitrogens is 1. The Morgan fingerprint density at radius 1 is 1.53 bits per heavy atom. The van der Waals surface area contributed by atoms with Crippen molar-refractivity contribution in [1.82, 2.24) is 15.5 Å². The maximum absolute atomic E-state index is 11.3. The van der Waals surface area contributed by atoms with Crippen LogP contribution >= 0.6 is 0 Å². The molecule has 1 aromatic rings. The number of carboxylic acids is 1. The average Bonchev–Trinajstić information content (AvgIpc) is 2.75. The lowest BCUT2D eigenvalue weighted by Crippen LogP contribution is -2.45. The molecule has 1 aliphatic carbocycles. The number of rotatable bonds is 3. The Morgan fingerprint density at radius 3 is 2.73 bits per heavy atom. The minimum atomic E-state index is -1.06. The Hall–Kier alpha value is -2.05. The summed E-state index contributed by atoms with van der Waals surface area (Å²) >= 11 is 0. The summed E-state index contributed by atoms with van der Waals surface area (Å²) in [5, 5.41) is 19.9. The number of carboxylic acid groups (broad SMARTS) is 1. The van der Waals surface area contributed by atoms with E-state index in [1.165, 1.54) is 12.4 Å². The molecule has 0 aromatic carbocycles. The number of hydrogen-bond acceptors (Lipinski definition) is 3. The molecular weight excluding hydrogens is 200 g/mol. The van der Waals surface area contributed by atoms with E-state index in [1.54, 1.807) is 0 Å². The van der Waals surface area contributed by atoms with Crippen LogP contribution in [0.15, 0.2) is 12.4 Å². The Labute approximate surface area is 84.9 Å². The van der Waals surface area contributed by atoms with Crippen molar-refractivity contribution in [2.45, 2.75) is 18.4 Å². The van der Waals surface area contributed by atoms with Gasteiger partial charge in [0.2, 0.25) is 0 Å². The summed E-state index contributed by atoms with van der Waals surface area (Å²) in [6.45, 7) is 0. The summed E-state index contributed by atoms with van der Waals surface area (Å²) in [7, 11) is 0. The van der Waals surface area contributed by atoms with Crippen molar-refractivity contribution in [3.63, 3.8) is 0 Å². The predicted molar refractivity (Wildman–Crippen MR) is 50.3 cm³/mol. The first-order chi connectivity index (χ1) is 7.12. The maximum Gasteiger partial charge on any atom is 0.329 e. The molecule has 0 bridgehead atoms. The van der Waals surface area contributed by atoms with Gasteiger partial charge in [0, 0.05) is 6.20 Å². The van der Waals surface area contributed by atoms with Gasteiger partial charge in [-0.15, -0.1) is 0 Å². The van der Waals surface area contributed by atoms with Crippen molar-refractivity contribution >= 4 is 17.7 Å². The standard InChI is InChI=1S/C8H10N4O3/c13-6(14)8(1-2-8)12-7(15)11-5-3-9-10-4-5/h3-4H,1-2H2,(H,9,10)(H,13,14)(H2,11,12,15). The quantitative estimate of drug-likeness (QED) is 0.569. The first kappa shape index (κ1) is 9.50. The summed E-state index contributed by atoms with van der Waals surface area (Å²) in [6.07, 6.45) is 3.88. The predicted octanol–water partition coefficient (Wildman–Crippen LogP) is 0.148. The largest absolute Gasteiger partial charge is 0.480 e. The van der Waals surface area contributed by atoms with Gasteiger partial charge in [0.15, 0.2) is 0 Å². The molecule has 0 radical (unpaired) electrons.